The molecule has 0 N–H and O–H groups in total. The summed E-state index contributed by atoms with van der Waals surface area (Å²) in [6.45, 7) is 0.0997. The average Bonchev–Trinajstić information content (AvgIpc) is 3.15. The topological polar surface area (TPSA) is 87.3 Å². The maximum atomic E-state index is 13.2. The van der Waals surface area contributed by atoms with Gasteiger partial charge in [0.1, 0.15) is 10.6 Å². The van der Waals surface area contributed by atoms with E-state index in [4.69, 9.17) is 16.3 Å². The third kappa shape index (κ3) is 3.59. The number of rotatable bonds is 5. The van der Waals surface area contributed by atoms with Crippen LogP contribution in [0.2, 0.25) is 5.02 Å². The number of hydrogen-bond acceptors (Lipinski definition) is 6. The lowest BCUT2D eigenvalue weighted by molar-refractivity contribution is -0.384. The van der Waals surface area contributed by atoms with Crippen molar-refractivity contribution < 1.29 is 9.66 Å². The first-order valence-corrected chi connectivity index (χ1v) is 9.77. The van der Waals surface area contributed by atoms with Crippen LogP contribution in [0.15, 0.2) is 59.0 Å². The summed E-state index contributed by atoms with van der Waals surface area (Å²) in [5, 5.41) is 14.1. The Morgan fingerprint density at radius 2 is 2.00 bits per heavy atom. The van der Waals surface area contributed by atoms with E-state index in [0.29, 0.717) is 26.6 Å². The second kappa shape index (κ2) is 7.65. The first-order chi connectivity index (χ1) is 14.0. The number of methoxy groups -OCH3 is 1. The number of nitrogens with zero attached hydrogens (tertiary/aromatic N) is 3. The first-order valence-electron chi connectivity index (χ1n) is 8.52. The van der Waals surface area contributed by atoms with Gasteiger partial charge in [-0.05, 0) is 23.8 Å². The van der Waals surface area contributed by atoms with Crippen molar-refractivity contribution in [1.29, 1.82) is 0 Å². The molecule has 4 rings (SSSR count). The van der Waals surface area contributed by atoms with Crippen LogP contribution in [0.25, 0.3) is 21.3 Å². The van der Waals surface area contributed by atoms with E-state index in [-0.39, 0.29) is 17.8 Å². The average molecular weight is 428 g/mol. The molecule has 2 heterocycles. The van der Waals surface area contributed by atoms with Gasteiger partial charge in [0.25, 0.3) is 11.2 Å². The molecule has 29 heavy (non-hydrogen) atoms. The summed E-state index contributed by atoms with van der Waals surface area (Å²) in [7, 11) is 1.48. The Labute approximate surface area is 173 Å². The van der Waals surface area contributed by atoms with Crippen LogP contribution in [-0.4, -0.2) is 21.6 Å². The highest BCUT2D eigenvalue weighted by Crippen LogP contribution is 2.31. The molecule has 0 unspecified atom stereocenters. The summed E-state index contributed by atoms with van der Waals surface area (Å²) in [5.74, 6) is 0.464. The summed E-state index contributed by atoms with van der Waals surface area (Å²) in [5.41, 5.74) is 1.87. The minimum Gasteiger partial charge on any atom is -0.496 e. The lowest BCUT2D eigenvalue weighted by Crippen LogP contribution is -2.21. The molecule has 0 saturated carbocycles. The number of halogens is 1. The number of nitro benzene ring substituents is 1. The van der Waals surface area contributed by atoms with Crippen LogP contribution in [0.1, 0.15) is 5.56 Å². The molecule has 9 heteroatoms. The maximum absolute atomic E-state index is 13.2. The molecule has 0 bridgehead atoms. The highest BCUT2D eigenvalue weighted by atomic mass is 35.5. The molecule has 0 aliphatic heterocycles. The minimum atomic E-state index is -0.481. The third-order valence-corrected chi connectivity index (χ3v) is 5.67. The van der Waals surface area contributed by atoms with Gasteiger partial charge in [-0.3, -0.25) is 19.5 Å². The van der Waals surface area contributed by atoms with E-state index in [1.807, 2.05) is 17.5 Å². The molecule has 0 radical (unpaired) electrons. The van der Waals surface area contributed by atoms with Gasteiger partial charge < -0.3 is 4.74 Å². The van der Waals surface area contributed by atoms with E-state index in [1.165, 1.54) is 47.5 Å². The van der Waals surface area contributed by atoms with Gasteiger partial charge in [-0.15, -0.1) is 11.3 Å². The lowest BCUT2D eigenvalue weighted by atomic mass is 10.1. The number of hydrogen-bond donors (Lipinski definition) is 0. The predicted molar refractivity (Wildman–Crippen MR) is 113 cm³/mol. The maximum Gasteiger partial charge on any atom is 0.270 e. The number of nitro groups is 1. The molecule has 0 atom stereocenters. The molecule has 146 valence electrons. The van der Waals surface area contributed by atoms with Crippen molar-refractivity contribution in [2.45, 2.75) is 6.54 Å². The van der Waals surface area contributed by atoms with Crippen LogP contribution in [0.3, 0.4) is 0 Å². The van der Waals surface area contributed by atoms with Crippen LogP contribution in [0.4, 0.5) is 5.69 Å². The van der Waals surface area contributed by atoms with Gasteiger partial charge in [0.2, 0.25) is 0 Å². The summed E-state index contributed by atoms with van der Waals surface area (Å²) in [6.07, 6.45) is 1.45. The number of ether oxygens (including phenoxy) is 1. The predicted octanol–water partition coefficient (Wildman–Crippen LogP) is 4.74. The van der Waals surface area contributed by atoms with E-state index in [0.717, 1.165) is 11.1 Å². The molecule has 2 aromatic carbocycles. The summed E-state index contributed by atoms with van der Waals surface area (Å²) < 4.78 is 6.73. The molecule has 7 nitrogen and oxygen atoms in total. The summed E-state index contributed by atoms with van der Waals surface area (Å²) in [4.78, 5) is 28.9. The molecule has 0 amide bonds. The van der Waals surface area contributed by atoms with Gasteiger partial charge in [-0.2, -0.15) is 0 Å². The fourth-order valence-electron chi connectivity index (χ4n) is 3.11. The number of fused-ring (bicyclic) bond motifs is 1. The lowest BCUT2D eigenvalue weighted by Gasteiger charge is -2.10. The third-order valence-electron chi connectivity index (χ3n) is 4.53. The normalized spacial score (nSPS) is 11.0. The Bertz CT molecular complexity index is 1280. The Hall–Kier alpha value is -3.23. The Morgan fingerprint density at radius 1 is 1.24 bits per heavy atom. The first kappa shape index (κ1) is 19.1. The molecule has 4 aromatic rings. The van der Waals surface area contributed by atoms with Crippen LogP contribution in [0.5, 0.6) is 5.75 Å². The van der Waals surface area contributed by atoms with Gasteiger partial charge in [-0.25, -0.2) is 4.98 Å². The van der Waals surface area contributed by atoms with Gasteiger partial charge in [-0.1, -0.05) is 23.7 Å². The Morgan fingerprint density at radius 3 is 2.69 bits per heavy atom. The number of aromatic nitrogens is 2. The fraction of sp³-hybridized carbons (Fsp3) is 0.100. The van der Waals surface area contributed by atoms with E-state index in [9.17, 15) is 14.9 Å². The highest BCUT2D eigenvalue weighted by molar-refractivity contribution is 7.17. The zero-order valence-electron chi connectivity index (χ0n) is 15.2. The molecule has 0 saturated heterocycles. The van der Waals surface area contributed by atoms with Gasteiger partial charge in [0, 0.05) is 33.7 Å². The van der Waals surface area contributed by atoms with E-state index in [2.05, 4.69) is 4.98 Å². The standard InChI is InChI=1S/C20H14ClN3O4S/c1-28-17-7-6-15(24(26)27)8-13(17)9-23-11-22-19-18(20(23)25)16(10-29-19)12-2-4-14(21)5-3-12/h2-8,10-11H,9H2,1H3. The highest BCUT2D eigenvalue weighted by Gasteiger charge is 2.16. The van der Waals surface area contributed by atoms with Crippen molar-refractivity contribution in [3.8, 4) is 16.9 Å². The monoisotopic (exact) mass is 427 g/mol. The molecule has 0 aliphatic rings. The van der Waals surface area contributed by atoms with Crippen molar-refractivity contribution >= 4 is 38.8 Å². The minimum absolute atomic E-state index is 0.0692. The van der Waals surface area contributed by atoms with E-state index < -0.39 is 4.92 Å². The number of benzene rings is 2. The van der Waals surface area contributed by atoms with Crippen LogP contribution in [-0.2, 0) is 6.54 Å². The smallest absolute Gasteiger partial charge is 0.270 e. The molecule has 0 aliphatic carbocycles. The summed E-state index contributed by atoms with van der Waals surface area (Å²) >= 11 is 7.35. The SMILES string of the molecule is COc1ccc([N+](=O)[O-])cc1Cn1cnc2scc(-c3ccc(Cl)cc3)c2c1=O. The van der Waals surface area contributed by atoms with Crippen molar-refractivity contribution in [2.75, 3.05) is 7.11 Å². The van der Waals surface area contributed by atoms with Gasteiger partial charge >= 0.3 is 0 Å². The molecular weight excluding hydrogens is 414 g/mol. The van der Waals surface area contributed by atoms with Crippen LogP contribution >= 0.6 is 22.9 Å². The van der Waals surface area contributed by atoms with Crippen LogP contribution in [0, 0.1) is 10.1 Å². The van der Waals surface area contributed by atoms with Gasteiger partial charge in [0.05, 0.1) is 30.3 Å². The molecule has 0 fully saturated rings. The molecule has 0 spiro atoms. The van der Waals surface area contributed by atoms with Crippen molar-refractivity contribution in [3.05, 3.63) is 85.2 Å². The second-order valence-corrected chi connectivity index (χ2v) is 7.56. The van der Waals surface area contributed by atoms with Crippen molar-refractivity contribution in [1.82, 2.24) is 9.55 Å². The Balaban J connectivity index is 1.82. The largest absolute Gasteiger partial charge is 0.496 e. The summed E-state index contributed by atoms with van der Waals surface area (Å²) in [6, 6.07) is 11.5. The Kier molecular flexibility index (Phi) is 5.04. The number of thiophene rings is 1. The number of non-ortho nitro benzene ring substituents is 1. The quantitative estimate of drug-likeness (QED) is 0.339. The molecular formula is C20H14ClN3O4S. The van der Waals surface area contributed by atoms with E-state index >= 15 is 0 Å². The second-order valence-electron chi connectivity index (χ2n) is 6.27. The zero-order valence-corrected chi connectivity index (χ0v) is 16.7. The fourth-order valence-corrected chi connectivity index (χ4v) is 4.14. The van der Waals surface area contributed by atoms with Crippen molar-refractivity contribution in [3.63, 3.8) is 0 Å². The van der Waals surface area contributed by atoms with Crippen molar-refractivity contribution in [2.24, 2.45) is 0 Å². The van der Waals surface area contributed by atoms with Gasteiger partial charge in [0.15, 0.2) is 0 Å². The zero-order chi connectivity index (χ0) is 20.5. The molecule has 2 aromatic heterocycles. The van der Waals surface area contributed by atoms with Crippen LogP contribution < -0.4 is 10.3 Å². The van der Waals surface area contributed by atoms with E-state index in [1.54, 1.807) is 12.1 Å².